The third-order valence-electron chi connectivity index (χ3n) is 4.53. The fraction of sp³-hybridized carbons (Fsp3) is 0.444. The van der Waals surface area contributed by atoms with E-state index in [9.17, 15) is 9.18 Å². The first kappa shape index (κ1) is 16.5. The van der Waals surface area contributed by atoms with Crippen LogP contribution in [0.2, 0.25) is 0 Å². The Morgan fingerprint density at radius 2 is 2.25 bits per heavy atom. The average Bonchev–Trinajstić information content (AvgIpc) is 3.22. The molecule has 1 fully saturated rings. The van der Waals surface area contributed by atoms with Crippen LogP contribution in [0, 0.1) is 19.7 Å². The zero-order valence-corrected chi connectivity index (χ0v) is 14.1. The number of nitrogens with zero attached hydrogens (tertiary/aromatic N) is 1. The van der Waals surface area contributed by atoms with Gasteiger partial charge in [-0.05, 0) is 38.0 Å². The minimum absolute atomic E-state index is 0.0705. The summed E-state index contributed by atoms with van der Waals surface area (Å²) in [5.41, 5.74) is 2.83. The number of amides is 2. The molecule has 3 atom stereocenters. The maximum atomic E-state index is 13.2. The number of urea groups is 1. The van der Waals surface area contributed by atoms with Crippen molar-refractivity contribution in [2.75, 3.05) is 6.54 Å². The van der Waals surface area contributed by atoms with Crippen LogP contribution in [0.4, 0.5) is 9.18 Å². The van der Waals surface area contributed by atoms with Crippen LogP contribution in [-0.2, 0) is 0 Å². The van der Waals surface area contributed by atoms with Crippen LogP contribution in [0.3, 0.4) is 0 Å². The molecule has 0 aliphatic heterocycles. The van der Waals surface area contributed by atoms with Crippen molar-refractivity contribution in [2.45, 2.75) is 45.1 Å². The smallest absolute Gasteiger partial charge is 0.315 e. The summed E-state index contributed by atoms with van der Waals surface area (Å²) in [6.45, 7) is 6.31. The molecule has 3 rings (SSSR count). The van der Waals surface area contributed by atoms with Crippen molar-refractivity contribution in [3.8, 4) is 0 Å². The number of hydrogen-bond donors (Lipinski definition) is 2. The van der Waals surface area contributed by atoms with E-state index in [0.29, 0.717) is 6.54 Å². The van der Waals surface area contributed by atoms with Crippen LogP contribution in [0.5, 0.6) is 0 Å². The number of aryl methyl sites for hydroxylation is 2. The number of hydrogen-bond acceptors (Lipinski definition) is 3. The minimum Gasteiger partial charge on any atom is -0.361 e. The van der Waals surface area contributed by atoms with Crippen LogP contribution >= 0.6 is 0 Å². The molecule has 0 radical (unpaired) electrons. The Hall–Kier alpha value is -2.37. The molecule has 1 saturated carbocycles. The van der Waals surface area contributed by atoms with E-state index in [1.54, 1.807) is 6.07 Å². The van der Waals surface area contributed by atoms with Crippen molar-refractivity contribution in [1.82, 2.24) is 15.8 Å². The van der Waals surface area contributed by atoms with E-state index in [0.717, 1.165) is 29.0 Å². The molecule has 1 heterocycles. The molecule has 1 aliphatic rings. The molecule has 0 saturated heterocycles. The van der Waals surface area contributed by atoms with Crippen LogP contribution in [0.25, 0.3) is 0 Å². The van der Waals surface area contributed by atoms with Gasteiger partial charge in [0.1, 0.15) is 11.6 Å². The summed E-state index contributed by atoms with van der Waals surface area (Å²) in [5.74, 6) is 0.873. The van der Waals surface area contributed by atoms with Gasteiger partial charge in [-0.25, -0.2) is 9.18 Å². The molecule has 24 heavy (non-hydrogen) atoms. The van der Waals surface area contributed by atoms with Gasteiger partial charge in [0.2, 0.25) is 0 Å². The second-order valence-corrected chi connectivity index (χ2v) is 6.50. The number of halogens is 1. The third-order valence-corrected chi connectivity index (χ3v) is 4.53. The summed E-state index contributed by atoms with van der Waals surface area (Å²) in [6, 6.07) is 6.43. The number of nitrogens with one attached hydrogen (secondary N) is 2. The summed E-state index contributed by atoms with van der Waals surface area (Å²) in [7, 11) is 0. The SMILES string of the molecule is Cc1noc(C)c1[C@@H](C)CNC(=O)N[C@@H]1C[C@H]1c1cccc(F)c1. The molecule has 2 amide bonds. The third kappa shape index (κ3) is 3.58. The predicted molar refractivity (Wildman–Crippen MR) is 88.5 cm³/mol. The first-order valence-electron chi connectivity index (χ1n) is 8.18. The van der Waals surface area contributed by atoms with Gasteiger partial charge in [0, 0.05) is 30.0 Å². The van der Waals surface area contributed by atoms with Crippen LogP contribution < -0.4 is 10.6 Å². The monoisotopic (exact) mass is 331 g/mol. The quantitative estimate of drug-likeness (QED) is 0.882. The number of benzene rings is 1. The highest BCUT2D eigenvalue weighted by molar-refractivity contribution is 5.75. The first-order chi connectivity index (χ1) is 11.5. The van der Waals surface area contributed by atoms with Crippen LogP contribution in [0.1, 0.15) is 47.8 Å². The van der Waals surface area contributed by atoms with E-state index in [4.69, 9.17) is 4.52 Å². The number of carbonyl (C=O) groups is 1. The van der Waals surface area contributed by atoms with E-state index < -0.39 is 0 Å². The molecule has 0 unspecified atom stereocenters. The number of rotatable bonds is 5. The Bertz CT molecular complexity index is 724. The average molecular weight is 331 g/mol. The summed E-state index contributed by atoms with van der Waals surface area (Å²) in [4.78, 5) is 12.0. The van der Waals surface area contributed by atoms with Gasteiger partial charge < -0.3 is 15.2 Å². The van der Waals surface area contributed by atoms with Crippen LogP contribution in [0.15, 0.2) is 28.8 Å². The van der Waals surface area contributed by atoms with E-state index >= 15 is 0 Å². The van der Waals surface area contributed by atoms with Gasteiger partial charge in [-0.15, -0.1) is 0 Å². The fourth-order valence-corrected chi connectivity index (χ4v) is 3.22. The molecular weight excluding hydrogens is 309 g/mol. The van der Waals surface area contributed by atoms with Crippen molar-refractivity contribution >= 4 is 6.03 Å². The lowest BCUT2D eigenvalue weighted by Gasteiger charge is -2.13. The van der Waals surface area contributed by atoms with Crippen LogP contribution in [-0.4, -0.2) is 23.8 Å². The lowest BCUT2D eigenvalue weighted by molar-refractivity contribution is 0.239. The summed E-state index contributed by atoms with van der Waals surface area (Å²) < 4.78 is 18.4. The van der Waals surface area contributed by atoms with Gasteiger partial charge in [0.05, 0.1) is 5.69 Å². The predicted octanol–water partition coefficient (Wildman–Crippen LogP) is 3.39. The van der Waals surface area contributed by atoms with Crippen molar-refractivity contribution in [1.29, 1.82) is 0 Å². The van der Waals surface area contributed by atoms with Crippen molar-refractivity contribution in [2.24, 2.45) is 0 Å². The molecule has 5 nitrogen and oxygen atoms in total. The molecular formula is C18H22FN3O2. The molecule has 128 valence electrons. The lowest BCUT2D eigenvalue weighted by atomic mass is 10.00. The van der Waals surface area contributed by atoms with Gasteiger partial charge in [-0.1, -0.05) is 24.2 Å². The molecule has 0 spiro atoms. The molecule has 0 bridgehead atoms. The Kier molecular flexibility index (Phi) is 4.55. The maximum absolute atomic E-state index is 13.2. The summed E-state index contributed by atoms with van der Waals surface area (Å²) in [5, 5.41) is 9.77. The zero-order chi connectivity index (χ0) is 17.3. The highest BCUT2D eigenvalue weighted by Crippen LogP contribution is 2.40. The second-order valence-electron chi connectivity index (χ2n) is 6.50. The molecule has 1 aromatic carbocycles. The van der Waals surface area contributed by atoms with Gasteiger partial charge in [0.15, 0.2) is 0 Å². The fourth-order valence-electron chi connectivity index (χ4n) is 3.22. The maximum Gasteiger partial charge on any atom is 0.315 e. The highest BCUT2D eigenvalue weighted by Gasteiger charge is 2.39. The number of aromatic nitrogens is 1. The molecule has 2 aromatic rings. The van der Waals surface area contributed by atoms with Gasteiger partial charge in [-0.3, -0.25) is 0 Å². The highest BCUT2D eigenvalue weighted by atomic mass is 19.1. The van der Waals surface area contributed by atoms with E-state index in [1.807, 2.05) is 26.8 Å². The molecule has 1 aromatic heterocycles. The standard InChI is InChI=1S/C18H22FN3O2/c1-10(17-11(2)22-24-12(17)3)9-20-18(23)21-16-8-15(16)13-5-4-6-14(19)7-13/h4-7,10,15-16H,8-9H2,1-3H3,(H2,20,21,23)/t10-,15-,16+/m0/s1. The Morgan fingerprint density at radius 3 is 2.92 bits per heavy atom. The van der Waals surface area contributed by atoms with Gasteiger partial charge >= 0.3 is 6.03 Å². The second kappa shape index (κ2) is 6.63. The first-order valence-corrected chi connectivity index (χ1v) is 8.18. The van der Waals surface area contributed by atoms with E-state index in [-0.39, 0.29) is 29.7 Å². The normalized spacial score (nSPS) is 20.5. The largest absolute Gasteiger partial charge is 0.361 e. The zero-order valence-electron chi connectivity index (χ0n) is 14.1. The molecule has 6 heteroatoms. The van der Waals surface area contributed by atoms with Crippen molar-refractivity contribution < 1.29 is 13.7 Å². The molecule has 2 N–H and O–H groups in total. The van der Waals surface area contributed by atoms with Gasteiger partial charge in [0.25, 0.3) is 0 Å². The number of carbonyl (C=O) groups excluding carboxylic acids is 1. The topological polar surface area (TPSA) is 67.2 Å². The lowest BCUT2D eigenvalue weighted by Crippen LogP contribution is -2.39. The Labute approximate surface area is 140 Å². The summed E-state index contributed by atoms with van der Waals surface area (Å²) >= 11 is 0. The van der Waals surface area contributed by atoms with E-state index in [1.165, 1.54) is 12.1 Å². The van der Waals surface area contributed by atoms with Crippen molar-refractivity contribution in [3.05, 3.63) is 52.7 Å². The van der Waals surface area contributed by atoms with E-state index in [2.05, 4.69) is 15.8 Å². The minimum atomic E-state index is -0.240. The molecule has 1 aliphatic carbocycles. The summed E-state index contributed by atoms with van der Waals surface area (Å²) in [6.07, 6.45) is 0.844. The Balaban J connectivity index is 1.47. The Morgan fingerprint density at radius 1 is 1.46 bits per heavy atom. The van der Waals surface area contributed by atoms with Crippen molar-refractivity contribution in [3.63, 3.8) is 0 Å². The van der Waals surface area contributed by atoms with Gasteiger partial charge in [-0.2, -0.15) is 0 Å².